The first kappa shape index (κ1) is 24.9. The Morgan fingerprint density at radius 2 is 1.81 bits per heavy atom. The van der Waals surface area contributed by atoms with Crippen LogP contribution in [0, 0.1) is 17.7 Å². The van der Waals surface area contributed by atoms with Gasteiger partial charge in [0.1, 0.15) is 11.5 Å². The number of aromatic hydroxyl groups is 2. The Morgan fingerprint density at radius 3 is 2.32 bits per heavy atom. The smallest absolute Gasteiger partial charge is 0.165 e. The normalized spacial score (nSPS) is 20.7. The highest BCUT2D eigenvalue weighted by Gasteiger charge is 2.36. The van der Waals surface area contributed by atoms with Crippen LogP contribution in [-0.2, 0) is 0 Å². The highest BCUT2D eigenvalue weighted by atomic mass is 19.1. The summed E-state index contributed by atoms with van der Waals surface area (Å²) < 4.78 is 17.1. The molecule has 6 nitrogen and oxygen atoms in total. The van der Waals surface area contributed by atoms with E-state index >= 15 is 0 Å². The minimum Gasteiger partial charge on any atom is -0.506 e. The molecule has 3 atom stereocenters. The van der Waals surface area contributed by atoms with Gasteiger partial charge in [-0.1, -0.05) is 20.3 Å². The maximum atomic E-state index is 12.3. The van der Waals surface area contributed by atoms with E-state index in [-0.39, 0.29) is 24.0 Å². The number of methoxy groups -OCH3 is 1. The lowest BCUT2D eigenvalue weighted by Crippen LogP contribution is -2.29. The van der Waals surface area contributed by atoms with Gasteiger partial charge in [0.2, 0.25) is 0 Å². The number of hydrogen-bond donors (Lipinski definition) is 3. The summed E-state index contributed by atoms with van der Waals surface area (Å²) in [5.74, 6) is 1.41. The van der Waals surface area contributed by atoms with E-state index in [2.05, 4.69) is 9.88 Å². The number of rotatable bonds is 5. The minimum atomic E-state index is -0.638. The van der Waals surface area contributed by atoms with Crippen molar-refractivity contribution in [2.45, 2.75) is 39.0 Å². The fourth-order valence-corrected chi connectivity index (χ4v) is 4.30. The molecule has 4 rings (SSSR count). The molecule has 1 aromatic carbocycles. The summed E-state index contributed by atoms with van der Waals surface area (Å²) in [6, 6.07) is 7.26. The Labute approximate surface area is 184 Å². The molecule has 2 aromatic rings. The Morgan fingerprint density at radius 1 is 1.13 bits per heavy atom. The minimum absolute atomic E-state index is 0.0550. The maximum Gasteiger partial charge on any atom is 0.165 e. The first-order chi connectivity index (χ1) is 15.0. The number of likely N-dealkylation sites (tertiary alicyclic amines) is 1. The molecule has 2 fully saturated rings. The van der Waals surface area contributed by atoms with Crippen molar-refractivity contribution in [3.63, 3.8) is 0 Å². The molecule has 3 N–H and O–H groups in total. The lowest BCUT2D eigenvalue weighted by molar-refractivity contribution is 0.211. The van der Waals surface area contributed by atoms with E-state index in [9.17, 15) is 14.6 Å². The SMILES string of the molecule is CC.COc1ccc(F)c(O)c1.OCC(CN1C[C@H]2CCC[C@H]2C1)c1ccc(O)cn1. The summed E-state index contributed by atoms with van der Waals surface area (Å²) in [7, 11) is 1.45. The number of benzene rings is 1. The van der Waals surface area contributed by atoms with Crippen LogP contribution in [-0.4, -0.2) is 58.6 Å². The van der Waals surface area contributed by atoms with E-state index in [1.807, 2.05) is 19.9 Å². The first-order valence-corrected chi connectivity index (χ1v) is 11.0. The topological polar surface area (TPSA) is 86.0 Å². The molecular formula is C24H35FN2O4. The van der Waals surface area contributed by atoms with Crippen LogP contribution in [0.5, 0.6) is 17.2 Å². The molecule has 172 valence electrons. The molecule has 31 heavy (non-hydrogen) atoms. The predicted molar refractivity (Wildman–Crippen MR) is 119 cm³/mol. The van der Waals surface area contributed by atoms with Crippen molar-refractivity contribution in [1.82, 2.24) is 9.88 Å². The Kier molecular flexibility index (Phi) is 10.0. The molecule has 0 spiro atoms. The van der Waals surface area contributed by atoms with Gasteiger partial charge >= 0.3 is 0 Å². The average molecular weight is 435 g/mol. The fourth-order valence-electron chi connectivity index (χ4n) is 4.30. The number of hydrogen-bond acceptors (Lipinski definition) is 6. The molecule has 0 bridgehead atoms. The zero-order valence-corrected chi connectivity index (χ0v) is 18.7. The van der Waals surface area contributed by atoms with Crippen LogP contribution in [0.3, 0.4) is 0 Å². The molecule has 2 heterocycles. The molecule has 1 unspecified atom stereocenters. The summed E-state index contributed by atoms with van der Waals surface area (Å²) >= 11 is 0. The second-order valence-corrected chi connectivity index (χ2v) is 7.81. The van der Waals surface area contributed by atoms with Gasteiger partial charge in [0.05, 0.1) is 19.9 Å². The van der Waals surface area contributed by atoms with E-state index in [4.69, 9.17) is 9.84 Å². The number of phenolic OH excluding ortho intramolecular Hbond substituents is 1. The molecule has 1 saturated carbocycles. The van der Waals surface area contributed by atoms with Crippen molar-refractivity contribution in [1.29, 1.82) is 0 Å². The van der Waals surface area contributed by atoms with Crippen molar-refractivity contribution in [2.75, 3.05) is 33.4 Å². The van der Waals surface area contributed by atoms with Crippen LogP contribution in [0.25, 0.3) is 0 Å². The summed E-state index contributed by atoms with van der Waals surface area (Å²) in [5.41, 5.74) is 0.873. The van der Waals surface area contributed by atoms with Crippen molar-refractivity contribution in [2.24, 2.45) is 11.8 Å². The van der Waals surface area contributed by atoms with Gasteiger partial charge in [0.25, 0.3) is 0 Å². The van der Waals surface area contributed by atoms with Crippen LogP contribution >= 0.6 is 0 Å². The number of aliphatic hydroxyl groups excluding tert-OH is 1. The maximum absolute atomic E-state index is 12.3. The second kappa shape index (κ2) is 12.5. The van der Waals surface area contributed by atoms with E-state index < -0.39 is 5.82 Å². The van der Waals surface area contributed by atoms with Gasteiger partial charge in [-0.05, 0) is 48.9 Å². The van der Waals surface area contributed by atoms with Gasteiger partial charge in [-0.15, -0.1) is 0 Å². The lowest BCUT2D eigenvalue weighted by Gasteiger charge is -2.22. The number of phenols is 1. The third-order valence-corrected chi connectivity index (χ3v) is 5.84. The van der Waals surface area contributed by atoms with Gasteiger partial charge in [0.15, 0.2) is 11.6 Å². The summed E-state index contributed by atoms with van der Waals surface area (Å²) in [6.45, 7) is 7.35. The number of fused-ring (bicyclic) bond motifs is 1. The number of pyridine rings is 1. The van der Waals surface area contributed by atoms with Crippen molar-refractivity contribution in [3.8, 4) is 17.2 Å². The number of nitrogens with zero attached hydrogens (tertiary/aromatic N) is 2. The number of aliphatic hydroxyl groups is 1. The molecular weight excluding hydrogens is 399 g/mol. The quantitative estimate of drug-likeness (QED) is 0.655. The number of halogens is 1. The van der Waals surface area contributed by atoms with E-state index in [1.54, 1.807) is 6.07 Å². The zero-order valence-electron chi connectivity index (χ0n) is 18.7. The molecule has 1 aliphatic heterocycles. The zero-order chi connectivity index (χ0) is 22.8. The third-order valence-electron chi connectivity index (χ3n) is 5.84. The number of aromatic nitrogens is 1. The highest BCUT2D eigenvalue weighted by molar-refractivity contribution is 5.33. The largest absolute Gasteiger partial charge is 0.506 e. The van der Waals surface area contributed by atoms with Crippen LogP contribution in [0.1, 0.15) is 44.7 Å². The average Bonchev–Trinajstić information content (AvgIpc) is 3.38. The second-order valence-electron chi connectivity index (χ2n) is 7.81. The molecule has 1 aliphatic carbocycles. The molecule has 2 aliphatic rings. The lowest BCUT2D eigenvalue weighted by atomic mass is 10.0. The van der Waals surface area contributed by atoms with Gasteiger partial charge in [-0.25, -0.2) is 4.39 Å². The van der Waals surface area contributed by atoms with E-state index in [0.717, 1.165) is 30.1 Å². The monoisotopic (exact) mass is 434 g/mol. The molecule has 0 radical (unpaired) electrons. The van der Waals surface area contributed by atoms with Crippen LogP contribution in [0.4, 0.5) is 4.39 Å². The predicted octanol–water partition coefficient (Wildman–Crippen LogP) is 4.16. The number of ether oxygens (including phenoxy) is 1. The highest BCUT2D eigenvalue weighted by Crippen LogP contribution is 2.38. The summed E-state index contributed by atoms with van der Waals surface area (Å²) in [6.07, 6.45) is 5.60. The van der Waals surface area contributed by atoms with Gasteiger partial charge in [0, 0.05) is 37.3 Å². The molecule has 7 heteroatoms. The summed E-state index contributed by atoms with van der Waals surface area (Å²) in [4.78, 5) is 6.70. The standard InChI is InChI=1S/C15H22N2O2.C7H7FO2.C2H6/c18-10-13(15-5-4-14(19)6-16-15)9-17-7-11-2-1-3-12(11)8-17;1-10-5-2-3-6(8)7(9)4-5;1-2/h4-6,11-13,18-19H,1-3,7-10H2;2-4,9H,1H3;1-2H3/t11-,12+,13?;;. The molecule has 1 aromatic heterocycles. The van der Waals surface area contributed by atoms with Gasteiger partial charge in [-0.2, -0.15) is 0 Å². The molecule has 0 amide bonds. The Hall–Kier alpha value is -2.38. The van der Waals surface area contributed by atoms with Crippen molar-refractivity contribution < 1.29 is 24.4 Å². The Bertz CT molecular complexity index is 776. The third kappa shape index (κ3) is 7.08. The van der Waals surface area contributed by atoms with Crippen molar-refractivity contribution in [3.05, 3.63) is 48.0 Å². The first-order valence-electron chi connectivity index (χ1n) is 11.0. The van der Waals surface area contributed by atoms with Crippen LogP contribution in [0.15, 0.2) is 36.5 Å². The van der Waals surface area contributed by atoms with Crippen LogP contribution in [0.2, 0.25) is 0 Å². The molecule has 1 saturated heterocycles. The Balaban J connectivity index is 0.000000241. The summed E-state index contributed by atoms with van der Waals surface area (Å²) in [5, 5.41) is 27.6. The van der Waals surface area contributed by atoms with Gasteiger partial charge in [-0.3, -0.25) is 4.98 Å². The fraction of sp³-hybridized carbons (Fsp3) is 0.542. The van der Waals surface area contributed by atoms with Crippen LogP contribution < -0.4 is 4.74 Å². The van der Waals surface area contributed by atoms with Crippen molar-refractivity contribution >= 4 is 0 Å². The van der Waals surface area contributed by atoms with Gasteiger partial charge < -0.3 is 25.0 Å². The van der Waals surface area contributed by atoms with E-state index in [0.29, 0.717) is 5.75 Å². The van der Waals surface area contributed by atoms with E-state index in [1.165, 1.54) is 57.8 Å².